The Morgan fingerprint density at radius 1 is 1.00 bits per heavy atom. The first-order valence-corrected chi connectivity index (χ1v) is 12.3. The molecular weight excluding hydrogens is 412 g/mol. The number of rotatable bonds is 7. The Morgan fingerprint density at radius 3 is 2.42 bits per heavy atom. The topological polar surface area (TPSA) is 69.5 Å². The fraction of sp³-hybridized carbons (Fsp3) is 0.609. The molecule has 2 heterocycles. The van der Waals surface area contributed by atoms with Gasteiger partial charge >= 0.3 is 0 Å². The number of nitrogens with zero attached hydrogens (tertiary/aromatic N) is 4. The summed E-state index contributed by atoms with van der Waals surface area (Å²) in [6, 6.07) is 6.22. The summed E-state index contributed by atoms with van der Waals surface area (Å²) in [5.74, 6) is 2.82. The summed E-state index contributed by atoms with van der Waals surface area (Å²) in [5, 5.41) is 9.91. The summed E-state index contributed by atoms with van der Waals surface area (Å²) in [7, 11) is 3.27. The van der Waals surface area contributed by atoms with Gasteiger partial charge in [0.25, 0.3) is 0 Å². The minimum Gasteiger partial charge on any atom is -0.493 e. The van der Waals surface area contributed by atoms with Crippen molar-refractivity contribution < 1.29 is 14.3 Å². The van der Waals surface area contributed by atoms with Crippen LogP contribution in [-0.4, -0.2) is 58.6 Å². The van der Waals surface area contributed by atoms with Gasteiger partial charge in [0, 0.05) is 24.7 Å². The van der Waals surface area contributed by atoms with Gasteiger partial charge in [0.05, 0.1) is 20.0 Å². The lowest BCUT2D eigenvalue weighted by Crippen LogP contribution is -2.36. The molecule has 7 nitrogen and oxygen atoms in total. The highest BCUT2D eigenvalue weighted by Gasteiger charge is 2.26. The molecular formula is C23H32N4O3S. The van der Waals surface area contributed by atoms with Crippen molar-refractivity contribution in [3.63, 3.8) is 0 Å². The Kier molecular flexibility index (Phi) is 7.37. The highest BCUT2D eigenvalue weighted by molar-refractivity contribution is 7.99. The fourth-order valence-corrected chi connectivity index (χ4v) is 5.49. The minimum atomic E-state index is 0.204. The molecule has 0 atom stereocenters. The van der Waals surface area contributed by atoms with Crippen molar-refractivity contribution in [3.8, 4) is 22.9 Å². The van der Waals surface area contributed by atoms with Gasteiger partial charge in [0.2, 0.25) is 5.91 Å². The molecule has 1 saturated carbocycles. The quantitative estimate of drug-likeness (QED) is 0.583. The lowest BCUT2D eigenvalue weighted by Gasteiger charge is -2.27. The molecule has 1 aromatic carbocycles. The number of ether oxygens (including phenoxy) is 2. The number of benzene rings is 1. The average molecular weight is 445 g/mol. The number of hydrogen-bond donors (Lipinski definition) is 0. The highest BCUT2D eigenvalue weighted by Crippen LogP contribution is 2.38. The zero-order valence-electron chi connectivity index (χ0n) is 18.5. The van der Waals surface area contributed by atoms with Crippen molar-refractivity contribution in [1.82, 2.24) is 19.7 Å². The zero-order chi connectivity index (χ0) is 21.6. The van der Waals surface area contributed by atoms with E-state index in [0.717, 1.165) is 55.3 Å². The summed E-state index contributed by atoms with van der Waals surface area (Å²) < 4.78 is 13.1. The lowest BCUT2D eigenvalue weighted by molar-refractivity contribution is -0.129. The van der Waals surface area contributed by atoms with E-state index >= 15 is 0 Å². The molecule has 2 aromatic rings. The van der Waals surface area contributed by atoms with Crippen molar-refractivity contribution in [2.24, 2.45) is 0 Å². The van der Waals surface area contributed by atoms with Crippen molar-refractivity contribution in [3.05, 3.63) is 18.2 Å². The number of amides is 1. The maximum atomic E-state index is 12.7. The van der Waals surface area contributed by atoms with Gasteiger partial charge in [0.1, 0.15) is 0 Å². The third kappa shape index (κ3) is 5.00. The molecule has 2 fully saturated rings. The van der Waals surface area contributed by atoms with Gasteiger partial charge in [-0.2, -0.15) is 0 Å². The molecule has 1 aromatic heterocycles. The number of carbonyl (C=O) groups is 1. The molecule has 0 unspecified atom stereocenters. The molecule has 0 bridgehead atoms. The summed E-state index contributed by atoms with van der Waals surface area (Å²) >= 11 is 1.52. The van der Waals surface area contributed by atoms with Crippen LogP contribution in [0.15, 0.2) is 23.4 Å². The van der Waals surface area contributed by atoms with Gasteiger partial charge < -0.3 is 14.4 Å². The van der Waals surface area contributed by atoms with Crippen LogP contribution in [0.2, 0.25) is 0 Å². The molecule has 4 rings (SSSR count). The average Bonchev–Trinajstić information content (AvgIpc) is 3.27. The van der Waals surface area contributed by atoms with Crippen molar-refractivity contribution in [2.45, 2.75) is 62.6 Å². The Bertz CT molecular complexity index is 889. The maximum Gasteiger partial charge on any atom is 0.233 e. The molecule has 0 N–H and O–H groups in total. The van der Waals surface area contributed by atoms with E-state index in [9.17, 15) is 4.79 Å². The Morgan fingerprint density at radius 2 is 1.71 bits per heavy atom. The second-order valence-electron chi connectivity index (χ2n) is 8.27. The lowest BCUT2D eigenvalue weighted by atomic mass is 9.95. The first-order valence-electron chi connectivity index (χ1n) is 11.3. The van der Waals surface area contributed by atoms with E-state index in [2.05, 4.69) is 14.8 Å². The molecule has 1 aliphatic heterocycles. The molecule has 1 amide bonds. The number of likely N-dealkylation sites (tertiary alicyclic amines) is 1. The van der Waals surface area contributed by atoms with E-state index in [1.807, 2.05) is 23.1 Å². The summed E-state index contributed by atoms with van der Waals surface area (Å²) in [4.78, 5) is 14.7. The van der Waals surface area contributed by atoms with Gasteiger partial charge in [0.15, 0.2) is 22.5 Å². The van der Waals surface area contributed by atoms with Crippen LogP contribution >= 0.6 is 11.8 Å². The summed E-state index contributed by atoms with van der Waals surface area (Å²) in [6.07, 6.45) is 9.38. The molecule has 1 saturated heterocycles. The third-order valence-electron chi connectivity index (χ3n) is 6.28. The second kappa shape index (κ2) is 10.4. The van der Waals surface area contributed by atoms with Crippen LogP contribution in [0.3, 0.4) is 0 Å². The smallest absolute Gasteiger partial charge is 0.233 e. The molecule has 168 valence electrons. The normalized spacial score (nSPS) is 17.5. The van der Waals surface area contributed by atoms with E-state index < -0.39 is 0 Å². The largest absolute Gasteiger partial charge is 0.493 e. The second-order valence-corrected chi connectivity index (χ2v) is 9.21. The first-order chi connectivity index (χ1) is 15.2. The van der Waals surface area contributed by atoms with Crippen molar-refractivity contribution in [2.75, 3.05) is 33.1 Å². The minimum absolute atomic E-state index is 0.204. The van der Waals surface area contributed by atoms with E-state index in [1.54, 1.807) is 14.2 Å². The zero-order valence-corrected chi connectivity index (χ0v) is 19.3. The monoisotopic (exact) mass is 444 g/mol. The Labute approximate surface area is 188 Å². The number of thioether (sulfide) groups is 1. The van der Waals surface area contributed by atoms with Crippen LogP contribution in [-0.2, 0) is 4.79 Å². The van der Waals surface area contributed by atoms with Gasteiger partial charge in [-0.3, -0.25) is 9.36 Å². The highest BCUT2D eigenvalue weighted by atomic mass is 32.2. The number of hydrogen-bond acceptors (Lipinski definition) is 6. The summed E-state index contributed by atoms with van der Waals surface area (Å²) in [5.41, 5.74) is 0.949. The molecule has 0 spiro atoms. The SMILES string of the molecule is COc1ccc(-c2nnc(SCC(=O)N3CCCCC3)n2C2CCCCC2)cc1OC. The van der Waals surface area contributed by atoms with Gasteiger partial charge in [-0.15, -0.1) is 10.2 Å². The van der Waals surface area contributed by atoms with Crippen LogP contribution in [0.4, 0.5) is 0 Å². The predicted octanol–water partition coefficient (Wildman–Crippen LogP) is 4.57. The number of aromatic nitrogens is 3. The maximum absolute atomic E-state index is 12.7. The predicted molar refractivity (Wildman–Crippen MR) is 122 cm³/mol. The van der Waals surface area contributed by atoms with E-state index in [0.29, 0.717) is 23.3 Å². The van der Waals surface area contributed by atoms with Gasteiger partial charge in [-0.05, 0) is 50.3 Å². The van der Waals surface area contributed by atoms with Crippen LogP contribution < -0.4 is 9.47 Å². The van der Waals surface area contributed by atoms with E-state index in [1.165, 1.54) is 37.4 Å². The molecule has 8 heteroatoms. The molecule has 2 aliphatic rings. The van der Waals surface area contributed by atoms with Crippen LogP contribution in [0.25, 0.3) is 11.4 Å². The molecule has 0 radical (unpaired) electrons. The number of carbonyl (C=O) groups excluding carboxylic acids is 1. The third-order valence-corrected chi connectivity index (χ3v) is 7.21. The standard InChI is InChI=1S/C23H32N4O3S/c1-29-19-12-11-17(15-20(19)30-2)22-24-25-23(27(22)18-9-5-3-6-10-18)31-16-21(28)26-13-7-4-8-14-26/h11-12,15,18H,3-10,13-14,16H2,1-2H3. The van der Waals surface area contributed by atoms with E-state index in [-0.39, 0.29) is 5.91 Å². The fourth-order valence-electron chi connectivity index (χ4n) is 4.58. The number of methoxy groups -OCH3 is 2. The van der Waals surface area contributed by atoms with Gasteiger partial charge in [-0.1, -0.05) is 31.0 Å². The van der Waals surface area contributed by atoms with Crippen LogP contribution in [0, 0.1) is 0 Å². The molecule has 1 aliphatic carbocycles. The molecule has 31 heavy (non-hydrogen) atoms. The Balaban J connectivity index is 1.60. The number of piperidine rings is 1. The first kappa shape index (κ1) is 22.0. The van der Waals surface area contributed by atoms with Crippen LogP contribution in [0.1, 0.15) is 57.4 Å². The Hall–Kier alpha value is -2.22. The van der Waals surface area contributed by atoms with Crippen molar-refractivity contribution >= 4 is 17.7 Å². The van der Waals surface area contributed by atoms with Crippen molar-refractivity contribution in [1.29, 1.82) is 0 Å². The van der Waals surface area contributed by atoms with E-state index in [4.69, 9.17) is 9.47 Å². The van der Waals surface area contributed by atoms with Gasteiger partial charge in [-0.25, -0.2) is 0 Å². The van der Waals surface area contributed by atoms with Crippen LogP contribution in [0.5, 0.6) is 11.5 Å². The summed E-state index contributed by atoms with van der Waals surface area (Å²) in [6.45, 7) is 1.76.